The summed E-state index contributed by atoms with van der Waals surface area (Å²) in [5.74, 6) is 0.593. The Balaban J connectivity index is 2.31. The third-order valence-corrected chi connectivity index (χ3v) is 2.83. The largest absolute Gasteiger partial charge is 0.456 e. The second-order valence-electron chi connectivity index (χ2n) is 3.76. The van der Waals surface area contributed by atoms with Gasteiger partial charge in [0.1, 0.15) is 17.3 Å². The van der Waals surface area contributed by atoms with Gasteiger partial charge in [0.05, 0.1) is 4.47 Å². The summed E-state index contributed by atoms with van der Waals surface area (Å²) >= 11 is 3.39. The predicted octanol–water partition coefficient (Wildman–Crippen LogP) is 4.27. The van der Waals surface area contributed by atoms with Crippen molar-refractivity contribution in [3.63, 3.8) is 0 Å². The Labute approximate surface area is 107 Å². The molecule has 0 amide bonds. The summed E-state index contributed by atoms with van der Waals surface area (Å²) in [7, 11) is 0. The van der Waals surface area contributed by atoms with Gasteiger partial charge in [-0.05, 0) is 46.6 Å². The molecule has 0 unspecified atom stereocenters. The maximum absolute atomic E-state index is 13.1. The van der Waals surface area contributed by atoms with Crippen LogP contribution in [0.25, 0.3) is 0 Å². The van der Waals surface area contributed by atoms with Gasteiger partial charge in [0.2, 0.25) is 0 Å². The number of anilines is 1. The molecule has 0 aliphatic carbocycles. The summed E-state index contributed by atoms with van der Waals surface area (Å²) in [6, 6.07) is 9.79. The Kier molecular flexibility index (Phi) is 3.33. The molecule has 0 saturated heterocycles. The topological polar surface area (TPSA) is 35.2 Å². The lowest BCUT2D eigenvalue weighted by Crippen LogP contribution is -1.91. The molecule has 0 aromatic heterocycles. The van der Waals surface area contributed by atoms with Crippen molar-refractivity contribution in [3.05, 3.63) is 52.3 Å². The lowest BCUT2D eigenvalue weighted by atomic mass is 10.2. The lowest BCUT2D eigenvalue weighted by molar-refractivity contribution is 0.474. The molecule has 0 aliphatic heterocycles. The second-order valence-corrected chi connectivity index (χ2v) is 4.61. The van der Waals surface area contributed by atoms with Gasteiger partial charge in [0.25, 0.3) is 0 Å². The van der Waals surface area contributed by atoms with E-state index in [2.05, 4.69) is 15.9 Å². The van der Waals surface area contributed by atoms with Crippen LogP contribution in [-0.4, -0.2) is 0 Å². The molecule has 2 rings (SSSR count). The highest BCUT2D eigenvalue weighted by Gasteiger charge is 2.05. The first kappa shape index (κ1) is 11.9. The molecule has 88 valence electrons. The summed E-state index contributed by atoms with van der Waals surface area (Å²) in [5, 5.41) is 0. The highest BCUT2D eigenvalue weighted by molar-refractivity contribution is 9.10. The number of nitrogen functional groups attached to an aromatic ring is 1. The highest BCUT2D eigenvalue weighted by Crippen LogP contribution is 2.31. The van der Waals surface area contributed by atoms with Crippen LogP contribution in [0.3, 0.4) is 0 Å². The average Bonchev–Trinajstić information content (AvgIpc) is 2.21. The van der Waals surface area contributed by atoms with E-state index in [4.69, 9.17) is 10.5 Å². The minimum Gasteiger partial charge on any atom is -0.456 e. The number of nitrogens with two attached hydrogens (primary N) is 1. The molecule has 4 heteroatoms. The number of hydrogen-bond donors (Lipinski definition) is 1. The molecule has 17 heavy (non-hydrogen) atoms. The summed E-state index contributed by atoms with van der Waals surface area (Å²) in [6.45, 7) is 1.98. The fourth-order valence-electron chi connectivity index (χ4n) is 1.46. The van der Waals surface area contributed by atoms with Gasteiger partial charge in [-0.3, -0.25) is 0 Å². The Morgan fingerprint density at radius 1 is 1.18 bits per heavy atom. The van der Waals surface area contributed by atoms with Gasteiger partial charge in [-0.25, -0.2) is 4.39 Å². The van der Waals surface area contributed by atoms with Crippen LogP contribution < -0.4 is 10.5 Å². The molecule has 0 heterocycles. The second kappa shape index (κ2) is 4.75. The molecule has 0 aliphatic rings. The number of aryl methyl sites for hydroxylation is 1. The molecule has 0 radical (unpaired) electrons. The van der Waals surface area contributed by atoms with E-state index in [0.29, 0.717) is 17.2 Å². The molecular formula is C13H11BrFNO. The van der Waals surface area contributed by atoms with Gasteiger partial charge in [0.15, 0.2) is 0 Å². The van der Waals surface area contributed by atoms with Crippen molar-refractivity contribution in [1.82, 2.24) is 0 Å². The molecule has 0 bridgehead atoms. The molecule has 0 saturated carbocycles. The molecule has 2 N–H and O–H groups in total. The maximum atomic E-state index is 13.1. The zero-order chi connectivity index (χ0) is 12.4. The summed E-state index contributed by atoms with van der Waals surface area (Å²) in [6.07, 6.45) is 0. The van der Waals surface area contributed by atoms with Crippen LogP contribution in [-0.2, 0) is 0 Å². The maximum Gasteiger partial charge on any atom is 0.141 e. The van der Waals surface area contributed by atoms with Crippen molar-refractivity contribution in [1.29, 1.82) is 0 Å². The van der Waals surface area contributed by atoms with Gasteiger partial charge in [-0.2, -0.15) is 0 Å². The van der Waals surface area contributed by atoms with Crippen LogP contribution in [0, 0.1) is 12.7 Å². The summed E-state index contributed by atoms with van der Waals surface area (Å²) < 4.78 is 19.5. The standard InChI is InChI=1S/C13H11BrFNO/c1-8-2-3-13(12(14)4-8)17-11-6-9(15)5-10(16)7-11/h2-7H,16H2,1H3. The SMILES string of the molecule is Cc1ccc(Oc2cc(N)cc(F)c2)c(Br)c1. The van der Waals surface area contributed by atoms with Gasteiger partial charge in [-0.1, -0.05) is 6.07 Å². The fraction of sp³-hybridized carbons (Fsp3) is 0.0769. The minimum atomic E-state index is -0.414. The Hall–Kier alpha value is -1.55. The number of benzene rings is 2. The van der Waals surface area contributed by atoms with Gasteiger partial charge in [0, 0.05) is 17.8 Å². The average molecular weight is 296 g/mol. The molecule has 2 aromatic carbocycles. The van der Waals surface area contributed by atoms with Crippen LogP contribution in [0.15, 0.2) is 40.9 Å². The minimum absolute atomic E-state index is 0.336. The van der Waals surface area contributed by atoms with Crippen LogP contribution in [0.5, 0.6) is 11.5 Å². The van der Waals surface area contributed by atoms with Gasteiger partial charge >= 0.3 is 0 Å². The normalized spacial score (nSPS) is 10.3. The predicted molar refractivity (Wildman–Crippen MR) is 69.8 cm³/mol. The summed E-state index contributed by atoms with van der Waals surface area (Å²) in [5.41, 5.74) is 6.99. The van der Waals surface area contributed by atoms with Crippen molar-refractivity contribution in [3.8, 4) is 11.5 Å². The quantitative estimate of drug-likeness (QED) is 0.840. The zero-order valence-corrected chi connectivity index (χ0v) is 10.8. The number of halogens is 2. The van der Waals surface area contributed by atoms with Crippen molar-refractivity contribution in [2.24, 2.45) is 0 Å². The van der Waals surface area contributed by atoms with Crippen LogP contribution in [0.2, 0.25) is 0 Å². The van der Waals surface area contributed by atoms with Gasteiger partial charge in [-0.15, -0.1) is 0 Å². The highest BCUT2D eigenvalue weighted by atomic mass is 79.9. The van der Waals surface area contributed by atoms with Crippen molar-refractivity contribution in [2.45, 2.75) is 6.92 Å². The van der Waals surface area contributed by atoms with E-state index in [1.165, 1.54) is 12.1 Å². The third-order valence-electron chi connectivity index (χ3n) is 2.21. The van der Waals surface area contributed by atoms with E-state index in [1.54, 1.807) is 6.07 Å². The first-order chi connectivity index (χ1) is 8.04. The molecular weight excluding hydrogens is 285 g/mol. The fourth-order valence-corrected chi connectivity index (χ4v) is 2.03. The van der Waals surface area contributed by atoms with Gasteiger partial charge < -0.3 is 10.5 Å². The summed E-state index contributed by atoms with van der Waals surface area (Å²) in [4.78, 5) is 0. The molecule has 0 atom stereocenters. The Bertz CT molecular complexity index is 537. The first-order valence-electron chi connectivity index (χ1n) is 5.04. The van der Waals surface area contributed by atoms with Crippen molar-refractivity contribution < 1.29 is 9.13 Å². The number of ether oxygens (including phenoxy) is 1. The van der Waals surface area contributed by atoms with E-state index in [0.717, 1.165) is 10.0 Å². The Morgan fingerprint density at radius 2 is 1.94 bits per heavy atom. The monoisotopic (exact) mass is 295 g/mol. The molecule has 2 nitrogen and oxygen atoms in total. The van der Waals surface area contributed by atoms with Crippen molar-refractivity contribution in [2.75, 3.05) is 5.73 Å². The third kappa shape index (κ3) is 2.97. The van der Waals surface area contributed by atoms with Crippen LogP contribution in [0.4, 0.5) is 10.1 Å². The van der Waals surface area contributed by atoms with E-state index >= 15 is 0 Å². The van der Waals surface area contributed by atoms with E-state index in [-0.39, 0.29) is 0 Å². The molecule has 0 spiro atoms. The van der Waals surface area contributed by atoms with E-state index in [1.807, 2.05) is 25.1 Å². The molecule has 2 aromatic rings. The van der Waals surface area contributed by atoms with Crippen LogP contribution in [0.1, 0.15) is 5.56 Å². The van der Waals surface area contributed by atoms with E-state index in [9.17, 15) is 4.39 Å². The molecule has 0 fully saturated rings. The zero-order valence-electron chi connectivity index (χ0n) is 9.21. The van der Waals surface area contributed by atoms with Crippen molar-refractivity contribution >= 4 is 21.6 Å². The van der Waals surface area contributed by atoms with Crippen LogP contribution >= 0.6 is 15.9 Å². The van der Waals surface area contributed by atoms with E-state index < -0.39 is 5.82 Å². The smallest absolute Gasteiger partial charge is 0.141 e. The Morgan fingerprint density at radius 3 is 2.59 bits per heavy atom. The first-order valence-corrected chi connectivity index (χ1v) is 5.84. The lowest BCUT2D eigenvalue weighted by Gasteiger charge is -2.09. The number of rotatable bonds is 2. The number of hydrogen-bond acceptors (Lipinski definition) is 2.